The Morgan fingerprint density at radius 3 is 2.60 bits per heavy atom. The van der Waals surface area contributed by atoms with Gasteiger partial charge in [-0.3, -0.25) is 4.79 Å². The quantitative estimate of drug-likeness (QED) is 0.769. The molecule has 0 radical (unpaired) electrons. The van der Waals surface area contributed by atoms with E-state index in [1.807, 2.05) is 12.1 Å². The minimum Gasteiger partial charge on any atom is -0.295 e. The highest BCUT2D eigenvalue weighted by Gasteiger charge is 2.45. The van der Waals surface area contributed by atoms with Crippen molar-refractivity contribution in [3.05, 3.63) is 33.8 Å². The lowest BCUT2D eigenvalue weighted by Crippen LogP contribution is -2.04. The number of halogens is 1. The van der Waals surface area contributed by atoms with Gasteiger partial charge in [0.05, 0.1) is 11.5 Å². The third-order valence-corrected chi connectivity index (χ3v) is 3.28. The Kier molecular flexibility index (Phi) is 2.40. The van der Waals surface area contributed by atoms with Gasteiger partial charge in [0.1, 0.15) is 0 Å². The average Bonchev–Trinajstić information content (AvgIpc) is 2.97. The summed E-state index contributed by atoms with van der Waals surface area (Å²) in [6, 6.07) is 7.89. The van der Waals surface area contributed by atoms with Crippen LogP contribution in [0, 0.1) is 11.3 Å². The molecule has 0 saturated heterocycles. The minimum absolute atomic E-state index is 0.0336. The van der Waals surface area contributed by atoms with Crippen LogP contribution in [0.3, 0.4) is 0 Å². The number of nitriles is 1. The number of carbonyl (C=O) groups is 1. The van der Waals surface area contributed by atoms with Crippen molar-refractivity contribution < 1.29 is 4.79 Å². The number of benzene rings is 1. The Labute approximate surface area is 97.0 Å². The number of ketones is 1. The molecule has 0 spiro atoms. The predicted octanol–water partition coefficient (Wildman–Crippen LogP) is 3.21. The molecule has 0 bridgehead atoms. The first kappa shape index (κ1) is 10.4. The summed E-state index contributed by atoms with van der Waals surface area (Å²) in [6.07, 6.45) is 1.80. The molecule has 0 atom stereocenters. The van der Waals surface area contributed by atoms with E-state index < -0.39 is 0 Å². The second-order valence-corrected chi connectivity index (χ2v) is 4.89. The standard InChI is InChI=1S/C12H10BrNO/c1-8(15)9-4-10(6-11(13)5-9)12(7-14)2-3-12/h4-6H,2-3H2,1H3. The van der Waals surface area contributed by atoms with Gasteiger partial charge in [-0.15, -0.1) is 0 Å². The molecule has 1 fully saturated rings. The van der Waals surface area contributed by atoms with Crippen LogP contribution in [-0.4, -0.2) is 5.78 Å². The van der Waals surface area contributed by atoms with Gasteiger partial charge in [-0.05, 0) is 43.5 Å². The van der Waals surface area contributed by atoms with Crippen LogP contribution in [0.25, 0.3) is 0 Å². The Bertz CT molecular complexity index is 469. The molecule has 0 N–H and O–H groups in total. The van der Waals surface area contributed by atoms with Crippen molar-refractivity contribution in [3.63, 3.8) is 0 Å². The molecule has 0 unspecified atom stereocenters. The fraction of sp³-hybridized carbons (Fsp3) is 0.333. The smallest absolute Gasteiger partial charge is 0.159 e. The van der Waals surface area contributed by atoms with Gasteiger partial charge in [0.2, 0.25) is 0 Å². The highest BCUT2D eigenvalue weighted by Crippen LogP contribution is 2.48. The van der Waals surface area contributed by atoms with Gasteiger partial charge in [-0.25, -0.2) is 0 Å². The third-order valence-electron chi connectivity index (χ3n) is 2.82. The van der Waals surface area contributed by atoms with E-state index in [1.54, 1.807) is 6.07 Å². The van der Waals surface area contributed by atoms with Crippen molar-refractivity contribution >= 4 is 21.7 Å². The Balaban J connectivity index is 2.50. The fourth-order valence-electron chi connectivity index (χ4n) is 1.66. The summed E-state index contributed by atoms with van der Waals surface area (Å²) >= 11 is 3.37. The predicted molar refractivity (Wildman–Crippen MR) is 60.7 cm³/mol. The van der Waals surface area contributed by atoms with Crippen LogP contribution in [0.4, 0.5) is 0 Å². The van der Waals surface area contributed by atoms with Gasteiger partial charge >= 0.3 is 0 Å². The first-order chi connectivity index (χ1) is 7.07. The molecule has 0 aromatic heterocycles. The van der Waals surface area contributed by atoms with Gasteiger partial charge in [0.15, 0.2) is 5.78 Å². The van der Waals surface area contributed by atoms with Gasteiger partial charge in [-0.2, -0.15) is 5.26 Å². The van der Waals surface area contributed by atoms with E-state index in [2.05, 4.69) is 22.0 Å². The molecule has 0 heterocycles. The summed E-state index contributed by atoms with van der Waals surface area (Å²) in [5.74, 6) is 0.0336. The van der Waals surface area contributed by atoms with Crippen molar-refractivity contribution in [2.75, 3.05) is 0 Å². The van der Waals surface area contributed by atoms with Gasteiger partial charge < -0.3 is 0 Å². The Morgan fingerprint density at radius 1 is 1.47 bits per heavy atom. The SMILES string of the molecule is CC(=O)c1cc(Br)cc(C2(C#N)CC2)c1. The average molecular weight is 264 g/mol. The highest BCUT2D eigenvalue weighted by atomic mass is 79.9. The summed E-state index contributed by atoms with van der Waals surface area (Å²) in [6.45, 7) is 1.54. The van der Waals surface area contributed by atoms with Crippen LogP contribution >= 0.6 is 15.9 Å². The topological polar surface area (TPSA) is 40.9 Å². The lowest BCUT2D eigenvalue weighted by Gasteiger charge is -2.08. The second kappa shape index (κ2) is 3.46. The van der Waals surface area contributed by atoms with Crippen molar-refractivity contribution in [3.8, 4) is 6.07 Å². The second-order valence-electron chi connectivity index (χ2n) is 3.98. The van der Waals surface area contributed by atoms with Gasteiger partial charge in [0, 0.05) is 10.0 Å². The van der Waals surface area contributed by atoms with Crippen molar-refractivity contribution in [2.45, 2.75) is 25.2 Å². The summed E-state index contributed by atoms with van der Waals surface area (Å²) in [5, 5.41) is 9.08. The van der Waals surface area contributed by atoms with Crippen molar-refractivity contribution in [1.82, 2.24) is 0 Å². The molecule has 1 aromatic carbocycles. The van der Waals surface area contributed by atoms with Crippen LogP contribution in [0.15, 0.2) is 22.7 Å². The molecule has 1 aromatic rings. The molecule has 3 heteroatoms. The molecule has 2 rings (SSSR count). The highest BCUT2D eigenvalue weighted by molar-refractivity contribution is 9.10. The Morgan fingerprint density at radius 2 is 2.13 bits per heavy atom. The van der Waals surface area contributed by atoms with Gasteiger partial charge in [0.25, 0.3) is 0 Å². The monoisotopic (exact) mass is 263 g/mol. The van der Waals surface area contributed by atoms with E-state index in [0.717, 1.165) is 22.9 Å². The van der Waals surface area contributed by atoms with Gasteiger partial charge in [-0.1, -0.05) is 15.9 Å². The summed E-state index contributed by atoms with van der Waals surface area (Å²) in [4.78, 5) is 11.3. The first-order valence-corrected chi connectivity index (χ1v) is 5.60. The largest absolute Gasteiger partial charge is 0.295 e. The molecule has 1 aliphatic rings. The molecular formula is C12H10BrNO. The van der Waals surface area contributed by atoms with E-state index in [-0.39, 0.29) is 11.2 Å². The lowest BCUT2D eigenvalue weighted by atomic mass is 9.95. The number of hydrogen-bond donors (Lipinski definition) is 0. The first-order valence-electron chi connectivity index (χ1n) is 4.81. The van der Waals surface area contributed by atoms with Crippen LogP contribution in [0.2, 0.25) is 0 Å². The number of rotatable bonds is 2. The van der Waals surface area contributed by atoms with Crippen LogP contribution in [0.1, 0.15) is 35.7 Å². The van der Waals surface area contributed by atoms with E-state index in [1.165, 1.54) is 6.92 Å². The maximum Gasteiger partial charge on any atom is 0.159 e. The molecule has 0 amide bonds. The molecular weight excluding hydrogens is 254 g/mol. The molecule has 76 valence electrons. The van der Waals surface area contributed by atoms with E-state index in [4.69, 9.17) is 5.26 Å². The zero-order valence-electron chi connectivity index (χ0n) is 8.38. The zero-order valence-corrected chi connectivity index (χ0v) is 9.97. The molecule has 1 aliphatic carbocycles. The zero-order chi connectivity index (χ0) is 11.1. The number of nitrogens with zero attached hydrogens (tertiary/aromatic N) is 1. The molecule has 2 nitrogen and oxygen atoms in total. The maximum atomic E-state index is 11.3. The summed E-state index contributed by atoms with van der Waals surface area (Å²) in [7, 11) is 0. The normalized spacial score (nSPS) is 16.9. The summed E-state index contributed by atoms with van der Waals surface area (Å²) in [5.41, 5.74) is 1.30. The van der Waals surface area contributed by atoms with E-state index >= 15 is 0 Å². The Hall–Kier alpha value is -1.14. The lowest BCUT2D eigenvalue weighted by molar-refractivity contribution is 0.101. The number of Topliss-reactive ketones (excluding diaryl/α,β-unsaturated/α-hetero) is 1. The third kappa shape index (κ3) is 1.82. The number of carbonyl (C=O) groups excluding carboxylic acids is 1. The van der Waals surface area contributed by atoms with Crippen molar-refractivity contribution in [1.29, 1.82) is 5.26 Å². The van der Waals surface area contributed by atoms with Crippen molar-refractivity contribution in [2.24, 2.45) is 0 Å². The van der Waals surface area contributed by atoms with E-state index in [9.17, 15) is 4.79 Å². The van der Waals surface area contributed by atoms with Crippen LogP contribution in [-0.2, 0) is 5.41 Å². The fourth-order valence-corrected chi connectivity index (χ4v) is 2.15. The summed E-state index contributed by atoms with van der Waals surface area (Å²) < 4.78 is 0.867. The molecule has 15 heavy (non-hydrogen) atoms. The molecule has 1 saturated carbocycles. The van der Waals surface area contributed by atoms with E-state index in [0.29, 0.717) is 5.56 Å². The molecule has 0 aliphatic heterocycles. The van der Waals surface area contributed by atoms with Crippen LogP contribution < -0.4 is 0 Å². The maximum absolute atomic E-state index is 11.3. The number of hydrogen-bond acceptors (Lipinski definition) is 2. The minimum atomic E-state index is -0.325. The van der Waals surface area contributed by atoms with Crippen LogP contribution in [0.5, 0.6) is 0 Å².